The molecule has 11 heteroatoms. The third-order valence-electron chi connectivity index (χ3n) is 9.31. The van der Waals surface area contributed by atoms with Crippen LogP contribution in [0, 0.1) is 20.8 Å². The van der Waals surface area contributed by atoms with Crippen LogP contribution in [0.3, 0.4) is 0 Å². The molecule has 6 rings (SSSR count). The summed E-state index contributed by atoms with van der Waals surface area (Å²) in [5.74, 6) is 1.75. The molecule has 3 N–H and O–H groups in total. The molecule has 1 atom stereocenters. The number of likely N-dealkylation sites (tertiary alicyclic amines) is 1. The maximum atomic E-state index is 13.5. The summed E-state index contributed by atoms with van der Waals surface area (Å²) in [6, 6.07) is 20.9. The molecule has 48 heavy (non-hydrogen) atoms. The molecule has 1 saturated heterocycles. The van der Waals surface area contributed by atoms with Gasteiger partial charge in [-0.2, -0.15) is 0 Å². The normalized spacial score (nSPS) is 15.2. The molecule has 1 fully saturated rings. The summed E-state index contributed by atoms with van der Waals surface area (Å²) in [7, 11) is 3.41. The van der Waals surface area contributed by atoms with Gasteiger partial charge in [0.05, 0.1) is 18.5 Å². The lowest BCUT2D eigenvalue weighted by Gasteiger charge is -2.33. The van der Waals surface area contributed by atoms with Crippen molar-refractivity contribution in [2.45, 2.75) is 58.6 Å². The van der Waals surface area contributed by atoms with Crippen LogP contribution >= 0.6 is 24.8 Å². The highest BCUT2D eigenvalue weighted by Crippen LogP contribution is 2.38. The number of β-amino-alcohol motifs (C(OH)–C–C–N with tert-alkyl or cyclic N) is 1. The van der Waals surface area contributed by atoms with E-state index in [0.717, 1.165) is 59.6 Å². The third kappa shape index (κ3) is 8.15. The Kier molecular flexibility index (Phi) is 13.5. The van der Waals surface area contributed by atoms with Gasteiger partial charge in [0, 0.05) is 31.8 Å². The Morgan fingerprint density at radius 3 is 2.25 bits per heavy atom. The van der Waals surface area contributed by atoms with Gasteiger partial charge in [-0.25, -0.2) is 9.79 Å². The lowest BCUT2D eigenvalue weighted by atomic mass is 9.89. The van der Waals surface area contributed by atoms with Gasteiger partial charge in [0.15, 0.2) is 11.5 Å². The number of methoxy groups -OCH3 is 1. The van der Waals surface area contributed by atoms with Crippen molar-refractivity contribution < 1.29 is 20.1 Å². The van der Waals surface area contributed by atoms with Gasteiger partial charge < -0.3 is 25.0 Å². The van der Waals surface area contributed by atoms with E-state index in [1.165, 1.54) is 11.1 Å². The number of piperidine rings is 1. The first-order chi connectivity index (χ1) is 21.7. The van der Waals surface area contributed by atoms with Crippen molar-refractivity contribution in [3.63, 3.8) is 0 Å². The van der Waals surface area contributed by atoms with Crippen LogP contribution in [0.5, 0.6) is 11.5 Å². The van der Waals surface area contributed by atoms with Crippen LogP contribution in [0.2, 0.25) is 0 Å². The third-order valence-corrected chi connectivity index (χ3v) is 9.31. The van der Waals surface area contributed by atoms with Crippen LogP contribution in [0.1, 0.15) is 46.6 Å². The number of rotatable bonds is 8. The van der Waals surface area contributed by atoms with E-state index in [9.17, 15) is 9.90 Å². The molecule has 3 heterocycles. The second-order valence-corrected chi connectivity index (χ2v) is 12.6. The second kappa shape index (κ2) is 16.7. The minimum absolute atomic E-state index is 0. The van der Waals surface area contributed by atoms with E-state index in [1.807, 2.05) is 18.2 Å². The standard InChI is InChI=1S/C37H44N4O4.2ClH.H2O/c1-24-17-25(2)36(26(3)18-24)38-35-21-32-31-20-34(33(44-5)19-29(31)13-16-41(32)37(43)39(35)4)45-23-30(42)22-40-14-11-28(12-15-40)27-9-7-6-8-10-27;;;/h6-10,17-21,28,30,42H,11-16,22-23H2,1-5H3;2*1H;1H2. The fraction of sp³-hybridized carbons (Fsp3) is 0.405. The zero-order chi connectivity index (χ0) is 31.7. The summed E-state index contributed by atoms with van der Waals surface area (Å²) < 4.78 is 15.3. The van der Waals surface area contributed by atoms with Crippen molar-refractivity contribution in [1.29, 1.82) is 0 Å². The van der Waals surface area contributed by atoms with Crippen molar-refractivity contribution >= 4 is 30.5 Å². The zero-order valence-corrected chi connectivity index (χ0v) is 30.0. The van der Waals surface area contributed by atoms with Crippen molar-refractivity contribution in [3.05, 3.63) is 104 Å². The highest BCUT2D eigenvalue weighted by atomic mass is 35.5. The number of hydrogen-bond donors (Lipinski definition) is 1. The van der Waals surface area contributed by atoms with Crippen molar-refractivity contribution in [1.82, 2.24) is 14.0 Å². The molecule has 1 aromatic heterocycles. The lowest BCUT2D eigenvalue weighted by molar-refractivity contribution is 0.0586. The quantitative estimate of drug-likeness (QED) is 0.271. The first kappa shape index (κ1) is 38.8. The summed E-state index contributed by atoms with van der Waals surface area (Å²) in [5.41, 5.74) is 8.91. The number of aliphatic hydroxyl groups excluding tert-OH is 1. The van der Waals surface area contributed by atoms with Gasteiger partial charge in [-0.05, 0) is 93.4 Å². The highest BCUT2D eigenvalue weighted by Gasteiger charge is 2.24. The Labute approximate surface area is 295 Å². The average molecular weight is 700 g/mol. The van der Waals surface area contributed by atoms with E-state index in [0.29, 0.717) is 42.4 Å². The minimum atomic E-state index is -0.639. The second-order valence-electron chi connectivity index (χ2n) is 12.6. The largest absolute Gasteiger partial charge is 0.493 e. The molecular weight excluding hydrogens is 651 g/mol. The van der Waals surface area contributed by atoms with Crippen LogP contribution in [-0.2, 0) is 20.0 Å². The predicted molar refractivity (Wildman–Crippen MR) is 196 cm³/mol. The summed E-state index contributed by atoms with van der Waals surface area (Å²) in [6.07, 6.45) is 2.24. The van der Waals surface area contributed by atoms with Gasteiger partial charge in [-0.1, -0.05) is 48.0 Å². The molecule has 0 radical (unpaired) electrons. The summed E-state index contributed by atoms with van der Waals surface area (Å²) in [6.45, 7) is 9.37. The highest BCUT2D eigenvalue weighted by molar-refractivity contribution is 5.85. The Morgan fingerprint density at radius 1 is 0.938 bits per heavy atom. The van der Waals surface area contributed by atoms with Gasteiger partial charge in [0.2, 0.25) is 0 Å². The average Bonchev–Trinajstić information content (AvgIpc) is 3.04. The first-order valence-electron chi connectivity index (χ1n) is 15.9. The minimum Gasteiger partial charge on any atom is -0.493 e. The van der Waals surface area contributed by atoms with Crippen molar-refractivity contribution in [2.75, 3.05) is 33.4 Å². The molecule has 0 amide bonds. The van der Waals surface area contributed by atoms with Crippen LogP contribution in [-0.4, -0.2) is 64.1 Å². The monoisotopic (exact) mass is 698 g/mol. The molecule has 2 aliphatic rings. The molecular formula is C37H48Cl2N4O5. The smallest absolute Gasteiger partial charge is 0.329 e. The Hall–Kier alpha value is -3.60. The number of halogens is 2. The first-order valence-corrected chi connectivity index (χ1v) is 15.9. The molecule has 0 spiro atoms. The molecule has 1 unspecified atom stereocenters. The van der Waals surface area contributed by atoms with E-state index < -0.39 is 6.10 Å². The fourth-order valence-electron chi connectivity index (χ4n) is 6.95. The van der Waals surface area contributed by atoms with Crippen molar-refractivity contribution in [2.24, 2.45) is 12.0 Å². The number of aliphatic hydroxyl groups is 1. The number of hydrogen-bond acceptors (Lipinski definition) is 6. The molecule has 9 nitrogen and oxygen atoms in total. The number of benzene rings is 3. The van der Waals surface area contributed by atoms with Gasteiger partial charge in [-0.3, -0.25) is 9.13 Å². The van der Waals surface area contributed by atoms with Crippen LogP contribution in [0.25, 0.3) is 11.3 Å². The molecule has 2 aliphatic heterocycles. The van der Waals surface area contributed by atoms with E-state index >= 15 is 0 Å². The number of aromatic nitrogens is 2. The van der Waals surface area contributed by atoms with Gasteiger partial charge in [0.25, 0.3) is 0 Å². The van der Waals surface area contributed by atoms with E-state index in [2.05, 4.69) is 68.1 Å². The lowest BCUT2D eigenvalue weighted by Crippen LogP contribution is -2.40. The molecule has 260 valence electrons. The SMILES string of the molecule is COc1cc2c(cc1OCC(O)CN1CCC(c3ccccc3)CC1)-c1cc(=Nc3c(C)cc(C)cc3C)n(C)c(=O)n1CC2.Cl.Cl.O. The molecule has 3 aromatic carbocycles. The van der Waals surface area contributed by atoms with Crippen LogP contribution in [0.4, 0.5) is 5.69 Å². The van der Waals surface area contributed by atoms with Gasteiger partial charge >= 0.3 is 5.69 Å². The number of fused-ring (bicyclic) bond motifs is 3. The van der Waals surface area contributed by atoms with Crippen LogP contribution in [0.15, 0.2) is 70.5 Å². The summed E-state index contributed by atoms with van der Waals surface area (Å²) >= 11 is 0. The maximum Gasteiger partial charge on any atom is 0.329 e. The van der Waals surface area contributed by atoms with E-state index in [4.69, 9.17) is 14.5 Å². The zero-order valence-electron chi connectivity index (χ0n) is 28.4. The Balaban J connectivity index is 0.00000208. The van der Waals surface area contributed by atoms with E-state index in [1.54, 1.807) is 23.3 Å². The number of nitrogens with zero attached hydrogens (tertiary/aromatic N) is 4. The Morgan fingerprint density at radius 2 is 1.60 bits per heavy atom. The van der Waals surface area contributed by atoms with Crippen LogP contribution < -0.4 is 20.7 Å². The molecule has 0 saturated carbocycles. The molecule has 0 bridgehead atoms. The van der Waals surface area contributed by atoms with Gasteiger partial charge in [-0.15, -0.1) is 24.8 Å². The van der Waals surface area contributed by atoms with E-state index in [-0.39, 0.29) is 42.6 Å². The maximum absolute atomic E-state index is 13.5. The Bertz CT molecular complexity index is 1810. The summed E-state index contributed by atoms with van der Waals surface area (Å²) in [5, 5.41) is 10.9. The topological polar surface area (TPSA) is 113 Å². The molecule has 4 aromatic rings. The number of aryl methyl sites for hydroxylation is 4. The van der Waals surface area contributed by atoms with Crippen molar-refractivity contribution in [3.8, 4) is 22.8 Å². The van der Waals surface area contributed by atoms with Gasteiger partial charge in [0.1, 0.15) is 18.2 Å². The predicted octanol–water partition coefficient (Wildman–Crippen LogP) is 5.21. The number of ether oxygens (including phenoxy) is 2. The molecule has 0 aliphatic carbocycles. The summed E-state index contributed by atoms with van der Waals surface area (Å²) in [4.78, 5) is 20.8. The fourth-order valence-corrected chi connectivity index (χ4v) is 6.95.